The molecule has 0 aliphatic rings. The van der Waals surface area contributed by atoms with E-state index in [9.17, 15) is 4.79 Å². The van der Waals surface area contributed by atoms with Crippen molar-refractivity contribution < 1.29 is 14.3 Å². The molecule has 0 heterocycles. The summed E-state index contributed by atoms with van der Waals surface area (Å²) in [4.78, 5) is 11.6. The summed E-state index contributed by atoms with van der Waals surface area (Å²) in [6.45, 7) is 4.65. The molecule has 5 nitrogen and oxygen atoms in total. The van der Waals surface area contributed by atoms with E-state index in [-0.39, 0.29) is 5.91 Å². The van der Waals surface area contributed by atoms with Gasteiger partial charge in [0.1, 0.15) is 12.4 Å². The van der Waals surface area contributed by atoms with Gasteiger partial charge in [-0.25, -0.2) is 0 Å². The monoisotopic (exact) mass is 356 g/mol. The largest absolute Gasteiger partial charge is 0.491 e. The van der Waals surface area contributed by atoms with E-state index in [1.54, 1.807) is 7.11 Å². The Bertz CT molecular complexity index is 671. The Balaban J connectivity index is 1.77. The van der Waals surface area contributed by atoms with E-state index in [1.165, 1.54) is 11.1 Å². The van der Waals surface area contributed by atoms with Crippen LogP contribution in [0.1, 0.15) is 30.9 Å². The first-order valence-electron chi connectivity index (χ1n) is 9.01. The van der Waals surface area contributed by atoms with Crippen molar-refractivity contribution in [2.24, 2.45) is 0 Å². The van der Waals surface area contributed by atoms with Gasteiger partial charge < -0.3 is 20.1 Å². The molecule has 0 unspecified atom stereocenters. The molecule has 140 valence electrons. The van der Waals surface area contributed by atoms with Crippen LogP contribution in [-0.4, -0.2) is 26.2 Å². The van der Waals surface area contributed by atoms with Crippen molar-refractivity contribution in [3.8, 4) is 5.75 Å². The molecule has 0 spiro atoms. The minimum atomic E-state index is 0.0611. The second kappa shape index (κ2) is 11.3. The third-order valence-corrected chi connectivity index (χ3v) is 3.83. The zero-order valence-electron chi connectivity index (χ0n) is 15.6. The fraction of sp³-hybridized carbons (Fsp3) is 0.381. The number of methoxy groups -OCH3 is 1. The van der Waals surface area contributed by atoms with Gasteiger partial charge in [-0.3, -0.25) is 4.79 Å². The van der Waals surface area contributed by atoms with E-state index in [4.69, 9.17) is 9.47 Å². The van der Waals surface area contributed by atoms with Crippen molar-refractivity contribution >= 4 is 11.6 Å². The van der Waals surface area contributed by atoms with Crippen molar-refractivity contribution in [3.63, 3.8) is 0 Å². The number of nitrogens with one attached hydrogen (secondary N) is 2. The van der Waals surface area contributed by atoms with E-state index in [2.05, 4.69) is 16.7 Å². The third-order valence-electron chi connectivity index (χ3n) is 3.83. The lowest BCUT2D eigenvalue weighted by Gasteiger charge is -2.09. The highest BCUT2D eigenvalue weighted by atomic mass is 16.5. The lowest BCUT2D eigenvalue weighted by molar-refractivity contribution is -0.116. The van der Waals surface area contributed by atoms with Crippen LogP contribution in [-0.2, 0) is 22.6 Å². The number of hydrogen-bond donors (Lipinski definition) is 2. The SMILES string of the molecule is CCCC(=O)Nc1ccc(CNCc2cccc(OCCOC)c2)cc1. The minimum absolute atomic E-state index is 0.0611. The Morgan fingerprint density at radius 2 is 1.77 bits per heavy atom. The molecular weight excluding hydrogens is 328 g/mol. The van der Waals surface area contributed by atoms with Gasteiger partial charge in [-0.05, 0) is 41.8 Å². The van der Waals surface area contributed by atoms with Crippen LogP contribution in [0.5, 0.6) is 5.75 Å². The van der Waals surface area contributed by atoms with Crippen LogP contribution in [0.3, 0.4) is 0 Å². The number of anilines is 1. The van der Waals surface area contributed by atoms with Crippen molar-refractivity contribution in [2.75, 3.05) is 25.6 Å². The Kier molecular flexibility index (Phi) is 8.66. The first-order valence-corrected chi connectivity index (χ1v) is 9.01. The molecule has 0 atom stereocenters. The molecular formula is C21H28N2O3. The average Bonchev–Trinajstić information content (AvgIpc) is 2.64. The smallest absolute Gasteiger partial charge is 0.224 e. The van der Waals surface area contributed by atoms with Gasteiger partial charge in [0, 0.05) is 32.3 Å². The molecule has 0 aliphatic carbocycles. The first kappa shape index (κ1) is 19.9. The Morgan fingerprint density at radius 1 is 1.00 bits per heavy atom. The Morgan fingerprint density at radius 3 is 2.50 bits per heavy atom. The van der Waals surface area contributed by atoms with E-state index in [0.717, 1.165) is 30.9 Å². The minimum Gasteiger partial charge on any atom is -0.491 e. The number of amides is 1. The van der Waals surface area contributed by atoms with E-state index >= 15 is 0 Å². The molecule has 5 heteroatoms. The fourth-order valence-electron chi connectivity index (χ4n) is 2.50. The molecule has 2 N–H and O–H groups in total. The summed E-state index contributed by atoms with van der Waals surface area (Å²) in [6, 6.07) is 16.0. The summed E-state index contributed by atoms with van der Waals surface area (Å²) in [7, 11) is 1.66. The van der Waals surface area contributed by atoms with Crippen LogP contribution >= 0.6 is 0 Å². The number of carbonyl (C=O) groups is 1. The van der Waals surface area contributed by atoms with Crippen molar-refractivity contribution in [1.29, 1.82) is 0 Å². The van der Waals surface area contributed by atoms with Crippen LogP contribution in [0, 0.1) is 0 Å². The van der Waals surface area contributed by atoms with Gasteiger partial charge >= 0.3 is 0 Å². The highest BCUT2D eigenvalue weighted by molar-refractivity contribution is 5.90. The van der Waals surface area contributed by atoms with Gasteiger partial charge in [0.05, 0.1) is 6.61 Å². The fourth-order valence-corrected chi connectivity index (χ4v) is 2.50. The number of ether oxygens (including phenoxy) is 2. The molecule has 0 bridgehead atoms. The van der Waals surface area contributed by atoms with Crippen LogP contribution < -0.4 is 15.4 Å². The molecule has 0 aromatic heterocycles. The average molecular weight is 356 g/mol. The Hall–Kier alpha value is -2.37. The first-order chi connectivity index (χ1) is 12.7. The topological polar surface area (TPSA) is 59.6 Å². The lowest BCUT2D eigenvalue weighted by atomic mass is 10.2. The quantitative estimate of drug-likeness (QED) is 0.602. The molecule has 0 fully saturated rings. The van der Waals surface area contributed by atoms with Gasteiger partial charge in [0.15, 0.2) is 0 Å². The number of benzene rings is 2. The van der Waals surface area contributed by atoms with E-state index in [1.807, 2.05) is 49.4 Å². The molecule has 1 amide bonds. The second-order valence-electron chi connectivity index (χ2n) is 6.09. The van der Waals surface area contributed by atoms with Crippen molar-refractivity contribution in [1.82, 2.24) is 5.32 Å². The van der Waals surface area contributed by atoms with Gasteiger partial charge in [-0.1, -0.05) is 31.2 Å². The van der Waals surface area contributed by atoms with Gasteiger partial charge in [-0.15, -0.1) is 0 Å². The predicted octanol–water partition coefficient (Wildman–Crippen LogP) is 3.74. The van der Waals surface area contributed by atoms with E-state index in [0.29, 0.717) is 19.6 Å². The normalized spacial score (nSPS) is 10.5. The molecule has 26 heavy (non-hydrogen) atoms. The maximum Gasteiger partial charge on any atom is 0.224 e. The van der Waals surface area contributed by atoms with Crippen LogP contribution in [0.15, 0.2) is 48.5 Å². The molecule has 0 saturated carbocycles. The van der Waals surface area contributed by atoms with E-state index < -0.39 is 0 Å². The summed E-state index contributed by atoms with van der Waals surface area (Å²) in [5, 5.41) is 6.32. The highest BCUT2D eigenvalue weighted by Gasteiger charge is 2.01. The van der Waals surface area contributed by atoms with Gasteiger partial charge in [0.2, 0.25) is 5.91 Å². The standard InChI is InChI=1S/C21H28N2O3/c1-3-5-21(24)23-19-10-8-17(9-11-19)15-22-16-18-6-4-7-20(14-18)26-13-12-25-2/h4,6-11,14,22H,3,5,12-13,15-16H2,1-2H3,(H,23,24). The predicted molar refractivity (Wildman–Crippen MR) is 104 cm³/mol. The molecule has 0 radical (unpaired) electrons. The van der Waals surface area contributed by atoms with Crippen LogP contribution in [0.2, 0.25) is 0 Å². The van der Waals surface area contributed by atoms with Crippen LogP contribution in [0.25, 0.3) is 0 Å². The summed E-state index contributed by atoms with van der Waals surface area (Å²) in [5.74, 6) is 0.916. The molecule has 0 saturated heterocycles. The van der Waals surface area contributed by atoms with Crippen molar-refractivity contribution in [3.05, 3.63) is 59.7 Å². The molecule has 2 aromatic rings. The molecule has 2 rings (SSSR count). The summed E-state index contributed by atoms with van der Waals surface area (Å²) in [5.41, 5.74) is 3.18. The summed E-state index contributed by atoms with van der Waals surface area (Å²) >= 11 is 0. The zero-order chi connectivity index (χ0) is 18.6. The number of carbonyl (C=O) groups excluding carboxylic acids is 1. The molecule has 2 aromatic carbocycles. The van der Waals surface area contributed by atoms with Gasteiger partial charge in [-0.2, -0.15) is 0 Å². The maximum atomic E-state index is 11.6. The zero-order valence-corrected chi connectivity index (χ0v) is 15.6. The highest BCUT2D eigenvalue weighted by Crippen LogP contribution is 2.14. The van der Waals surface area contributed by atoms with Crippen molar-refractivity contribution in [2.45, 2.75) is 32.9 Å². The summed E-state index contributed by atoms with van der Waals surface area (Å²) in [6.07, 6.45) is 1.41. The number of hydrogen-bond acceptors (Lipinski definition) is 4. The summed E-state index contributed by atoms with van der Waals surface area (Å²) < 4.78 is 10.6. The lowest BCUT2D eigenvalue weighted by Crippen LogP contribution is -2.13. The second-order valence-corrected chi connectivity index (χ2v) is 6.09. The third kappa shape index (κ3) is 7.25. The molecule has 0 aliphatic heterocycles. The Labute approximate surface area is 155 Å². The van der Waals surface area contributed by atoms with Gasteiger partial charge in [0.25, 0.3) is 0 Å². The van der Waals surface area contributed by atoms with Crippen LogP contribution in [0.4, 0.5) is 5.69 Å². The maximum absolute atomic E-state index is 11.6. The number of rotatable bonds is 11.